The Bertz CT molecular complexity index is 1750. The molecule has 1 N–H and O–H groups in total. The fourth-order valence-electron chi connectivity index (χ4n) is 6.15. The fourth-order valence-corrected chi connectivity index (χ4v) is 6.33. The Hall–Kier alpha value is -4.42. The number of anilines is 1. The van der Waals surface area contributed by atoms with E-state index in [0.29, 0.717) is 52.7 Å². The van der Waals surface area contributed by atoms with Gasteiger partial charge in [-0.15, -0.1) is 0 Å². The lowest BCUT2D eigenvalue weighted by molar-refractivity contribution is 0.0193. The number of fused-ring (bicyclic) bond motifs is 1. The number of ether oxygens (including phenoxy) is 1. The Morgan fingerprint density at radius 3 is 2.45 bits per heavy atom. The second-order valence-corrected chi connectivity index (χ2v) is 11.8. The first-order chi connectivity index (χ1) is 21.3. The number of halogens is 1. The average Bonchev–Trinajstić information content (AvgIpc) is 3.34. The number of carbonyl (C=O) groups excluding carboxylic acids is 2. The molecule has 3 aromatic carbocycles. The van der Waals surface area contributed by atoms with Crippen molar-refractivity contribution in [2.75, 3.05) is 38.2 Å². The van der Waals surface area contributed by atoms with Crippen molar-refractivity contribution in [2.45, 2.75) is 25.9 Å². The van der Waals surface area contributed by atoms with Crippen molar-refractivity contribution < 1.29 is 14.3 Å². The van der Waals surface area contributed by atoms with Crippen LogP contribution in [-0.2, 0) is 24.8 Å². The van der Waals surface area contributed by atoms with Gasteiger partial charge in [-0.3, -0.25) is 14.5 Å². The topological polar surface area (TPSA) is 90.6 Å². The zero-order chi connectivity index (χ0) is 30.8. The van der Waals surface area contributed by atoms with Crippen LogP contribution in [0.15, 0.2) is 72.8 Å². The van der Waals surface area contributed by atoms with Crippen LogP contribution in [0.25, 0.3) is 11.3 Å². The Balaban J connectivity index is 1.33. The Morgan fingerprint density at radius 2 is 1.73 bits per heavy atom. The summed E-state index contributed by atoms with van der Waals surface area (Å²) in [7, 11) is 1.89. The van der Waals surface area contributed by atoms with Crippen LogP contribution >= 0.6 is 11.6 Å². The molecule has 6 rings (SSSR count). The molecule has 1 unspecified atom stereocenters. The van der Waals surface area contributed by atoms with Gasteiger partial charge in [0.25, 0.3) is 11.8 Å². The fraction of sp³-hybridized carbons (Fsp3) is 0.286. The number of hydrogen-bond donors (Lipinski definition) is 1. The minimum absolute atomic E-state index is 0.00272. The molecule has 1 atom stereocenters. The number of hydrogen-bond acceptors (Lipinski definition) is 5. The predicted octanol–water partition coefficient (Wildman–Crippen LogP) is 5.68. The summed E-state index contributed by atoms with van der Waals surface area (Å²) in [5.41, 5.74) is 6.73. The Kier molecular flexibility index (Phi) is 8.53. The highest BCUT2D eigenvalue weighted by Gasteiger charge is 2.33. The van der Waals surface area contributed by atoms with E-state index in [4.69, 9.17) is 21.6 Å². The molecule has 1 aromatic heterocycles. The lowest BCUT2D eigenvalue weighted by Gasteiger charge is -2.40. The summed E-state index contributed by atoms with van der Waals surface area (Å²) in [5.74, 6) is -0.339. The number of rotatable bonds is 6. The first-order valence-electron chi connectivity index (χ1n) is 14.8. The van der Waals surface area contributed by atoms with Gasteiger partial charge < -0.3 is 19.5 Å². The van der Waals surface area contributed by atoms with Crippen LogP contribution in [0.2, 0.25) is 5.02 Å². The summed E-state index contributed by atoms with van der Waals surface area (Å²) in [5, 5.41) is 12.5. The number of carbonyl (C=O) groups is 2. The third-order valence-electron chi connectivity index (χ3n) is 8.73. The monoisotopic (exact) mass is 607 g/mol. The summed E-state index contributed by atoms with van der Waals surface area (Å²) in [6.07, 6.45) is 0.783. The van der Waals surface area contributed by atoms with Gasteiger partial charge in [0.1, 0.15) is 0 Å². The van der Waals surface area contributed by atoms with Gasteiger partial charge in [0, 0.05) is 72.5 Å². The smallest absolute Gasteiger partial charge is 0.257 e. The van der Waals surface area contributed by atoms with Gasteiger partial charge in [-0.1, -0.05) is 35.9 Å². The predicted molar refractivity (Wildman–Crippen MR) is 171 cm³/mol. The largest absolute Gasteiger partial charge is 0.379 e. The molecule has 44 heavy (non-hydrogen) atoms. The van der Waals surface area contributed by atoms with Crippen LogP contribution in [0.5, 0.6) is 0 Å². The number of morpholine rings is 1. The molecule has 1 saturated heterocycles. The molecule has 4 aromatic rings. The number of aromatic nitrogens is 1. The molecule has 0 aliphatic carbocycles. The zero-order valence-electron chi connectivity index (χ0n) is 24.8. The molecule has 3 heterocycles. The molecule has 2 aliphatic heterocycles. The van der Waals surface area contributed by atoms with Crippen LogP contribution in [-0.4, -0.2) is 65.1 Å². The molecule has 9 heteroatoms. The molecular weight excluding hydrogens is 574 g/mol. The van der Waals surface area contributed by atoms with Crippen molar-refractivity contribution in [3.05, 3.63) is 111 Å². The van der Waals surface area contributed by atoms with E-state index in [0.717, 1.165) is 43.0 Å². The molecule has 0 saturated carbocycles. The number of amides is 2. The van der Waals surface area contributed by atoms with E-state index in [1.54, 1.807) is 42.5 Å². The van der Waals surface area contributed by atoms with E-state index in [1.165, 1.54) is 5.56 Å². The van der Waals surface area contributed by atoms with Crippen LogP contribution < -0.4 is 5.32 Å². The summed E-state index contributed by atoms with van der Waals surface area (Å²) in [4.78, 5) is 32.3. The molecule has 224 valence electrons. The van der Waals surface area contributed by atoms with E-state index in [9.17, 15) is 9.59 Å². The summed E-state index contributed by atoms with van der Waals surface area (Å²) in [6.45, 7) is 6.28. The molecular formula is C35H34ClN5O3. The maximum atomic E-state index is 14.5. The van der Waals surface area contributed by atoms with Crippen molar-refractivity contribution in [3.8, 4) is 17.3 Å². The average molecular weight is 608 g/mol. The SMILES string of the molecule is Cc1c(C(=O)Nc2ccc(C#N)cc2)cc(-c2cc(Cl)ccc2C(=O)N2Cc3ccccc3CC2CN2CCOCC2)n1C. The summed E-state index contributed by atoms with van der Waals surface area (Å²) < 4.78 is 7.49. The van der Waals surface area contributed by atoms with Crippen LogP contribution in [0.4, 0.5) is 5.69 Å². The van der Waals surface area contributed by atoms with Crippen LogP contribution in [0.1, 0.15) is 43.1 Å². The number of benzene rings is 3. The molecule has 1 fully saturated rings. The number of nitriles is 1. The van der Waals surface area contributed by atoms with E-state index in [1.807, 2.05) is 35.6 Å². The van der Waals surface area contributed by atoms with Crippen molar-refractivity contribution in [3.63, 3.8) is 0 Å². The maximum Gasteiger partial charge on any atom is 0.257 e. The zero-order valence-corrected chi connectivity index (χ0v) is 25.6. The maximum absolute atomic E-state index is 14.5. The first kappa shape index (κ1) is 29.6. The third kappa shape index (κ3) is 6.00. The van der Waals surface area contributed by atoms with Gasteiger partial charge in [0.05, 0.1) is 30.4 Å². The number of nitrogens with one attached hydrogen (secondary N) is 1. The lowest BCUT2D eigenvalue weighted by Crippen LogP contribution is -2.52. The summed E-state index contributed by atoms with van der Waals surface area (Å²) >= 11 is 6.52. The Morgan fingerprint density at radius 1 is 1.00 bits per heavy atom. The van der Waals surface area contributed by atoms with Crippen molar-refractivity contribution >= 4 is 29.1 Å². The highest BCUT2D eigenvalue weighted by Crippen LogP contribution is 2.34. The minimum Gasteiger partial charge on any atom is -0.379 e. The van der Waals surface area contributed by atoms with Crippen molar-refractivity contribution in [1.29, 1.82) is 5.26 Å². The second-order valence-electron chi connectivity index (χ2n) is 11.4. The van der Waals surface area contributed by atoms with E-state index in [2.05, 4.69) is 34.5 Å². The lowest BCUT2D eigenvalue weighted by atomic mass is 9.92. The highest BCUT2D eigenvalue weighted by molar-refractivity contribution is 6.31. The van der Waals surface area contributed by atoms with Crippen molar-refractivity contribution in [1.82, 2.24) is 14.4 Å². The molecule has 2 amide bonds. The van der Waals surface area contributed by atoms with Gasteiger partial charge >= 0.3 is 0 Å². The molecule has 0 spiro atoms. The standard InChI is InChI=1S/C35H34ClN5O3/c1-23-31(34(42)38-28-10-7-24(20-37)8-11-28)19-33(39(23)2)32-18-27(36)9-12-30(32)35(43)41-21-26-6-4-3-5-25(26)17-29(41)22-40-13-15-44-16-14-40/h3-12,18-19,29H,13-17,21-22H2,1-2H3,(H,38,42). The van der Waals surface area contributed by atoms with Crippen molar-refractivity contribution in [2.24, 2.45) is 7.05 Å². The first-order valence-corrected chi connectivity index (χ1v) is 15.2. The number of nitrogens with zero attached hydrogens (tertiary/aromatic N) is 4. The summed E-state index contributed by atoms with van der Waals surface area (Å²) in [6, 6.07) is 24.3. The van der Waals surface area contributed by atoms with Gasteiger partial charge in [-0.05, 0) is 73.0 Å². The minimum atomic E-state index is -0.276. The quantitative estimate of drug-likeness (QED) is 0.305. The van der Waals surface area contributed by atoms with E-state index < -0.39 is 0 Å². The molecule has 2 aliphatic rings. The van der Waals surface area contributed by atoms with Crippen LogP contribution in [0, 0.1) is 18.3 Å². The normalized spacial score (nSPS) is 16.7. The van der Waals surface area contributed by atoms with Gasteiger partial charge in [-0.25, -0.2) is 0 Å². The van der Waals surface area contributed by atoms with Gasteiger partial charge in [-0.2, -0.15) is 5.26 Å². The van der Waals surface area contributed by atoms with Gasteiger partial charge in [0.15, 0.2) is 0 Å². The van der Waals surface area contributed by atoms with E-state index >= 15 is 0 Å². The van der Waals surface area contributed by atoms with E-state index in [-0.39, 0.29) is 17.9 Å². The highest BCUT2D eigenvalue weighted by atomic mass is 35.5. The van der Waals surface area contributed by atoms with Gasteiger partial charge in [0.2, 0.25) is 0 Å². The molecule has 8 nitrogen and oxygen atoms in total. The molecule has 0 bridgehead atoms. The third-order valence-corrected chi connectivity index (χ3v) is 8.96. The Labute approximate surface area is 262 Å². The second kappa shape index (κ2) is 12.7. The van der Waals surface area contributed by atoms with Crippen LogP contribution in [0.3, 0.4) is 0 Å². The molecule has 0 radical (unpaired) electrons.